The maximum absolute atomic E-state index is 12.1. The molecule has 2 rings (SSSR count). The quantitative estimate of drug-likeness (QED) is 0.911. The molecule has 0 saturated carbocycles. The van der Waals surface area contributed by atoms with Crippen LogP contribution in [0.15, 0.2) is 28.7 Å². The minimum atomic E-state index is -0.886. The van der Waals surface area contributed by atoms with E-state index in [1.54, 1.807) is 18.7 Å². The van der Waals surface area contributed by atoms with Gasteiger partial charge in [0.25, 0.3) is 0 Å². The van der Waals surface area contributed by atoms with E-state index in [0.29, 0.717) is 6.42 Å². The van der Waals surface area contributed by atoms with E-state index in [9.17, 15) is 9.90 Å². The molecule has 1 aliphatic rings. The zero-order chi connectivity index (χ0) is 13.3. The summed E-state index contributed by atoms with van der Waals surface area (Å²) in [6.45, 7) is 3.53. The predicted molar refractivity (Wildman–Crippen MR) is 75.6 cm³/mol. The van der Waals surface area contributed by atoms with Crippen LogP contribution in [0.5, 0.6) is 0 Å². The summed E-state index contributed by atoms with van der Waals surface area (Å²) in [6, 6.07) is 7.50. The van der Waals surface area contributed by atoms with E-state index in [-0.39, 0.29) is 11.9 Å². The molecule has 0 radical (unpaired) electrons. The van der Waals surface area contributed by atoms with Crippen LogP contribution in [-0.2, 0) is 4.79 Å². The van der Waals surface area contributed by atoms with Crippen molar-refractivity contribution in [3.63, 3.8) is 0 Å². The average Bonchev–Trinajstić information content (AvgIpc) is 2.29. The number of carbonyl (C=O) groups is 1. The summed E-state index contributed by atoms with van der Waals surface area (Å²) in [5.74, 6) is 0.0932. The molecule has 0 spiro atoms. The minimum absolute atomic E-state index is 0.0932. The summed E-state index contributed by atoms with van der Waals surface area (Å²) in [4.78, 5) is 13.9. The van der Waals surface area contributed by atoms with Crippen LogP contribution in [0.2, 0.25) is 0 Å². The second kappa shape index (κ2) is 5.02. The van der Waals surface area contributed by atoms with Gasteiger partial charge in [-0.25, -0.2) is 0 Å². The Morgan fingerprint density at radius 2 is 1.94 bits per heavy atom. The van der Waals surface area contributed by atoms with Gasteiger partial charge in [-0.2, -0.15) is 0 Å². The lowest BCUT2D eigenvalue weighted by Gasteiger charge is -2.42. The first-order valence-corrected chi connectivity index (χ1v) is 6.99. The fourth-order valence-corrected chi connectivity index (χ4v) is 2.73. The van der Waals surface area contributed by atoms with Gasteiger partial charge in [-0.05, 0) is 51.0 Å². The van der Waals surface area contributed by atoms with Gasteiger partial charge in [-0.3, -0.25) is 4.79 Å². The monoisotopic (exact) mass is 311 g/mol. The average molecular weight is 312 g/mol. The highest BCUT2D eigenvalue weighted by Gasteiger charge is 2.38. The van der Waals surface area contributed by atoms with Crippen LogP contribution in [0.1, 0.15) is 33.1 Å². The number of nitrogens with zero attached hydrogens (tertiary/aromatic N) is 1. The molecule has 1 amide bonds. The van der Waals surface area contributed by atoms with Gasteiger partial charge in [-0.15, -0.1) is 0 Å². The van der Waals surface area contributed by atoms with Crippen molar-refractivity contribution in [3.05, 3.63) is 28.7 Å². The third kappa shape index (κ3) is 2.75. The lowest BCUT2D eigenvalue weighted by Crippen LogP contribution is -2.54. The summed E-state index contributed by atoms with van der Waals surface area (Å²) in [6.07, 6.45) is 2.24. The van der Waals surface area contributed by atoms with Gasteiger partial charge >= 0.3 is 0 Å². The maximum Gasteiger partial charge on any atom is 0.227 e. The lowest BCUT2D eigenvalue weighted by molar-refractivity contribution is -0.122. The van der Waals surface area contributed by atoms with E-state index in [2.05, 4.69) is 15.9 Å². The van der Waals surface area contributed by atoms with E-state index in [0.717, 1.165) is 23.0 Å². The molecular formula is C14H18BrNO2. The molecule has 1 unspecified atom stereocenters. The molecule has 1 aromatic carbocycles. The molecule has 1 fully saturated rings. The van der Waals surface area contributed by atoms with Gasteiger partial charge < -0.3 is 10.0 Å². The molecule has 0 bridgehead atoms. The fraction of sp³-hybridized carbons (Fsp3) is 0.500. The second-order valence-electron chi connectivity index (χ2n) is 5.30. The van der Waals surface area contributed by atoms with Gasteiger partial charge in [0.2, 0.25) is 5.91 Å². The Kier molecular flexibility index (Phi) is 3.78. The van der Waals surface area contributed by atoms with Crippen LogP contribution in [-0.4, -0.2) is 22.7 Å². The van der Waals surface area contributed by atoms with Crippen molar-refractivity contribution in [2.75, 3.05) is 4.90 Å². The van der Waals surface area contributed by atoms with Gasteiger partial charge in [0, 0.05) is 16.6 Å². The number of carbonyl (C=O) groups excluding carboxylic acids is 1. The molecule has 98 valence electrons. The molecule has 4 heteroatoms. The van der Waals surface area contributed by atoms with Gasteiger partial charge in [0.1, 0.15) is 0 Å². The Bertz CT molecular complexity index is 436. The molecular weight excluding hydrogens is 294 g/mol. The van der Waals surface area contributed by atoms with Crippen molar-refractivity contribution < 1.29 is 9.90 Å². The normalized spacial score (nSPS) is 21.2. The fourth-order valence-electron chi connectivity index (χ4n) is 2.46. The molecule has 1 aromatic rings. The molecule has 1 saturated heterocycles. The molecule has 0 aliphatic carbocycles. The lowest BCUT2D eigenvalue weighted by atomic mass is 9.88. The number of halogens is 1. The van der Waals surface area contributed by atoms with Crippen LogP contribution >= 0.6 is 15.9 Å². The van der Waals surface area contributed by atoms with Crippen LogP contribution in [0.4, 0.5) is 5.69 Å². The molecule has 1 atom stereocenters. The Morgan fingerprint density at radius 1 is 1.33 bits per heavy atom. The highest BCUT2D eigenvalue weighted by molar-refractivity contribution is 9.10. The van der Waals surface area contributed by atoms with Crippen molar-refractivity contribution in [2.45, 2.75) is 44.8 Å². The summed E-state index contributed by atoms with van der Waals surface area (Å²) in [5, 5.41) is 10.2. The Hall–Kier alpha value is -0.870. The Labute approximate surface area is 116 Å². The number of rotatable bonds is 2. The number of benzene rings is 1. The first-order valence-electron chi connectivity index (χ1n) is 6.19. The number of amides is 1. The Morgan fingerprint density at radius 3 is 2.50 bits per heavy atom. The molecule has 1 heterocycles. The zero-order valence-corrected chi connectivity index (χ0v) is 12.3. The predicted octanol–water partition coefficient (Wildman–Crippen LogP) is 3.11. The van der Waals surface area contributed by atoms with Gasteiger partial charge in [0.15, 0.2) is 0 Å². The minimum Gasteiger partial charge on any atom is -0.388 e. The highest BCUT2D eigenvalue weighted by Crippen LogP contribution is 2.32. The van der Waals surface area contributed by atoms with Crippen molar-refractivity contribution in [1.29, 1.82) is 0 Å². The third-order valence-electron chi connectivity index (χ3n) is 3.37. The van der Waals surface area contributed by atoms with Crippen molar-refractivity contribution in [2.24, 2.45) is 0 Å². The van der Waals surface area contributed by atoms with E-state index in [1.165, 1.54) is 0 Å². The van der Waals surface area contributed by atoms with Crippen LogP contribution in [0, 0.1) is 0 Å². The standard InChI is InChI=1S/C14H18BrNO2/c1-14(2,18)12-4-3-5-13(17)16(12)11-8-6-10(15)7-9-11/h6-9,12,18H,3-5H2,1-2H3. The zero-order valence-electron chi connectivity index (χ0n) is 10.7. The summed E-state index contributed by atoms with van der Waals surface area (Å²) in [5.41, 5.74) is -0.0293. The van der Waals surface area contributed by atoms with E-state index < -0.39 is 5.60 Å². The number of aliphatic hydroxyl groups is 1. The largest absolute Gasteiger partial charge is 0.388 e. The maximum atomic E-state index is 12.1. The topological polar surface area (TPSA) is 40.5 Å². The second-order valence-corrected chi connectivity index (χ2v) is 6.22. The van der Waals surface area contributed by atoms with Gasteiger partial charge in [-0.1, -0.05) is 15.9 Å². The van der Waals surface area contributed by atoms with E-state index in [4.69, 9.17) is 0 Å². The van der Waals surface area contributed by atoms with E-state index in [1.807, 2.05) is 24.3 Å². The number of hydrogen-bond acceptors (Lipinski definition) is 2. The number of piperidine rings is 1. The van der Waals surface area contributed by atoms with Gasteiger partial charge in [0.05, 0.1) is 11.6 Å². The van der Waals surface area contributed by atoms with Crippen molar-refractivity contribution in [1.82, 2.24) is 0 Å². The molecule has 3 nitrogen and oxygen atoms in total. The van der Waals surface area contributed by atoms with Crippen LogP contribution in [0.3, 0.4) is 0 Å². The number of hydrogen-bond donors (Lipinski definition) is 1. The first-order chi connectivity index (χ1) is 8.39. The van der Waals surface area contributed by atoms with Crippen molar-refractivity contribution >= 4 is 27.5 Å². The van der Waals surface area contributed by atoms with Crippen molar-refractivity contribution in [3.8, 4) is 0 Å². The first kappa shape index (κ1) is 13.6. The summed E-state index contributed by atoms with van der Waals surface area (Å²) in [7, 11) is 0. The Balaban J connectivity index is 2.36. The number of anilines is 1. The third-order valence-corrected chi connectivity index (χ3v) is 3.90. The molecule has 0 aromatic heterocycles. The molecule has 18 heavy (non-hydrogen) atoms. The SMILES string of the molecule is CC(C)(O)C1CCCC(=O)N1c1ccc(Br)cc1. The summed E-state index contributed by atoms with van der Waals surface area (Å²) < 4.78 is 0.982. The highest BCUT2D eigenvalue weighted by atomic mass is 79.9. The molecule has 1 N–H and O–H groups in total. The van der Waals surface area contributed by atoms with E-state index >= 15 is 0 Å². The van der Waals surface area contributed by atoms with Crippen LogP contribution in [0.25, 0.3) is 0 Å². The van der Waals surface area contributed by atoms with Crippen LogP contribution < -0.4 is 4.90 Å². The summed E-state index contributed by atoms with van der Waals surface area (Å²) >= 11 is 3.39. The smallest absolute Gasteiger partial charge is 0.227 e. The molecule has 1 aliphatic heterocycles.